The number of ether oxygens (including phenoxy) is 2. The van der Waals surface area contributed by atoms with Crippen LogP contribution < -0.4 is 10.1 Å². The van der Waals surface area contributed by atoms with E-state index < -0.39 is 0 Å². The van der Waals surface area contributed by atoms with E-state index in [-0.39, 0.29) is 0 Å². The van der Waals surface area contributed by atoms with Crippen molar-refractivity contribution in [2.45, 2.75) is 45.8 Å². The molecule has 2 atom stereocenters. The lowest BCUT2D eigenvalue weighted by molar-refractivity contribution is 0.0636. The summed E-state index contributed by atoms with van der Waals surface area (Å²) >= 11 is 0. The standard InChI is InChI=1S/C16H25NO2/c1-12(2)11-18-16-7-5-4-6-15(16)17-10-14-9-8-13(3)19-14/h4-7,12-14,17H,8-11H2,1-3H3. The molecule has 106 valence electrons. The van der Waals surface area contributed by atoms with E-state index >= 15 is 0 Å². The predicted octanol–water partition coefficient (Wildman–Crippen LogP) is 3.70. The molecule has 0 radical (unpaired) electrons. The zero-order valence-electron chi connectivity index (χ0n) is 12.2. The minimum absolute atomic E-state index is 0.327. The molecule has 0 spiro atoms. The molecule has 2 rings (SSSR count). The molecule has 0 amide bonds. The van der Waals surface area contributed by atoms with Crippen LogP contribution in [0.1, 0.15) is 33.6 Å². The lowest BCUT2D eigenvalue weighted by Crippen LogP contribution is -2.20. The molecule has 2 unspecified atom stereocenters. The normalized spacial score (nSPS) is 22.7. The van der Waals surface area contributed by atoms with Crippen molar-refractivity contribution in [2.75, 3.05) is 18.5 Å². The summed E-state index contributed by atoms with van der Waals surface area (Å²) in [5.41, 5.74) is 1.06. The van der Waals surface area contributed by atoms with Gasteiger partial charge in [0.25, 0.3) is 0 Å². The van der Waals surface area contributed by atoms with Crippen molar-refractivity contribution in [1.29, 1.82) is 0 Å². The first-order chi connectivity index (χ1) is 9.15. The molecule has 1 aliphatic rings. The van der Waals surface area contributed by atoms with Crippen LogP contribution in [0.5, 0.6) is 5.75 Å². The van der Waals surface area contributed by atoms with E-state index in [1.807, 2.05) is 18.2 Å². The fourth-order valence-electron chi connectivity index (χ4n) is 2.25. The molecular weight excluding hydrogens is 238 g/mol. The Bertz CT molecular complexity index is 392. The summed E-state index contributed by atoms with van der Waals surface area (Å²) in [7, 11) is 0. The highest BCUT2D eigenvalue weighted by atomic mass is 16.5. The van der Waals surface area contributed by atoms with Gasteiger partial charge in [-0.3, -0.25) is 0 Å². The molecule has 0 bridgehead atoms. The Kier molecular flexibility index (Phi) is 5.08. The van der Waals surface area contributed by atoms with Crippen molar-refractivity contribution in [2.24, 2.45) is 5.92 Å². The Labute approximate surface area is 116 Å². The molecule has 0 saturated carbocycles. The molecule has 1 aromatic carbocycles. The summed E-state index contributed by atoms with van der Waals surface area (Å²) in [6.45, 7) is 8.05. The first kappa shape index (κ1) is 14.2. The molecule has 19 heavy (non-hydrogen) atoms. The quantitative estimate of drug-likeness (QED) is 0.849. The van der Waals surface area contributed by atoms with E-state index in [2.05, 4.69) is 32.2 Å². The van der Waals surface area contributed by atoms with Gasteiger partial charge in [0.15, 0.2) is 0 Å². The van der Waals surface area contributed by atoms with Gasteiger partial charge in [0.2, 0.25) is 0 Å². The van der Waals surface area contributed by atoms with Gasteiger partial charge in [-0.05, 0) is 37.8 Å². The smallest absolute Gasteiger partial charge is 0.142 e. The minimum Gasteiger partial charge on any atom is -0.491 e. The SMILES string of the molecule is CC(C)COc1ccccc1NCC1CCC(C)O1. The highest BCUT2D eigenvalue weighted by molar-refractivity contribution is 5.56. The van der Waals surface area contributed by atoms with Crippen LogP contribution in [0.15, 0.2) is 24.3 Å². The third kappa shape index (κ3) is 4.43. The van der Waals surface area contributed by atoms with Crippen LogP contribution in [0.4, 0.5) is 5.69 Å². The van der Waals surface area contributed by atoms with Crippen molar-refractivity contribution in [3.8, 4) is 5.75 Å². The highest BCUT2D eigenvalue weighted by Gasteiger charge is 2.21. The third-order valence-corrected chi connectivity index (χ3v) is 3.30. The number of hydrogen-bond donors (Lipinski definition) is 1. The van der Waals surface area contributed by atoms with Gasteiger partial charge in [-0.1, -0.05) is 26.0 Å². The van der Waals surface area contributed by atoms with Gasteiger partial charge in [0, 0.05) is 6.54 Å². The molecule has 1 heterocycles. The number of nitrogens with one attached hydrogen (secondary N) is 1. The Morgan fingerprint density at radius 1 is 1.32 bits per heavy atom. The largest absolute Gasteiger partial charge is 0.491 e. The Hall–Kier alpha value is -1.22. The van der Waals surface area contributed by atoms with Crippen LogP contribution in [-0.4, -0.2) is 25.4 Å². The Morgan fingerprint density at radius 2 is 2.11 bits per heavy atom. The first-order valence-corrected chi connectivity index (χ1v) is 7.26. The van der Waals surface area contributed by atoms with Crippen LogP contribution in [0.3, 0.4) is 0 Å². The van der Waals surface area contributed by atoms with E-state index in [0.717, 1.165) is 37.4 Å². The van der Waals surface area contributed by atoms with Crippen molar-refractivity contribution >= 4 is 5.69 Å². The third-order valence-electron chi connectivity index (χ3n) is 3.30. The van der Waals surface area contributed by atoms with Crippen molar-refractivity contribution < 1.29 is 9.47 Å². The molecule has 1 aromatic rings. The van der Waals surface area contributed by atoms with Crippen LogP contribution in [0, 0.1) is 5.92 Å². The molecule has 0 aromatic heterocycles. The number of benzene rings is 1. The van der Waals surface area contributed by atoms with Gasteiger partial charge in [0.1, 0.15) is 5.75 Å². The molecule has 3 heteroatoms. The predicted molar refractivity (Wildman–Crippen MR) is 78.8 cm³/mol. The van der Waals surface area contributed by atoms with Gasteiger partial charge in [0.05, 0.1) is 24.5 Å². The van der Waals surface area contributed by atoms with Crippen molar-refractivity contribution in [3.05, 3.63) is 24.3 Å². The monoisotopic (exact) mass is 263 g/mol. The molecule has 1 fully saturated rings. The second-order valence-electron chi connectivity index (χ2n) is 5.73. The molecule has 1 saturated heterocycles. The maximum absolute atomic E-state index is 5.83. The van der Waals surface area contributed by atoms with Gasteiger partial charge in [-0.2, -0.15) is 0 Å². The maximum Gasteiger partial charge on any atom is 0.142 e. The average Bonchev–Trinajstić information content (AvgIpc) is 2.80. The van der Waals surface area contributed by atoms with E-state index in [1.54, 1.807) is 0 Å². The number of anilines is 1. The topological polar surface area (TPSA) is 30.5 Å². The van der Waals surface area contributed by atoms with Crippen LogP contribution in [-0.2, 0) is 4.74 Å². The first-order valence-electron chi connectivity index (χ1n) is 7.26. The summed E-state index contributed by atoms with van der Waals surface area (Å²) in [6, 6.07) is 8.12. The van der Waals surface area contributed by atoms with Crippen LogP contribution in [0.25, 0.3) is 0 Å². The summed E-state index contributed by atoms with van der Waals surface area (Å²) in [6.07, 6.45) is 3.04. The fourth-order valence-corrected chi connectivity index (χ4v) is 2.25. The van der Waals surface area contributed by atoms with E-state index in [0.29, 0.717) is 18.1 Å². The summed E-state index contributed by atoms with van der Waals surface area (Å²) < 4.78 is 11.6. The Morgan fingerprint density at radius 3 is 2.79 bits per heavy atom. The summed E-state index contributed by atoms with van der Waals surface area (Å²) in [5.74, 6) is 1.47. The van der Waals surface area contributed by atoms with Crippen molar-refractivity contribution in [1.82, 2.24) is 0 Å². The van der Waals surface area contributed by atoms with E-state index in [4.69, 9.17) is 9.47 Å². The van der Waals surface area contributed by atoms with Crippen molar-refractivity contribution in [3.63, 3.8) is 0 Å². The number of para-hydroxylation sites is 2. The van der Waals surface area contributed by atoms with E-state index in [1.165, 1.54) is 0 Å². The van der Waals surface area contributed by atoms with Gasteiger partial charge < -0.3 is 14.8 Å². The molecule has 1 aliphatic heterocycles. The summed E-state index contributed by atoms with van der Waals surface area (Å²) in [5, 5.41) is 3.45. The second kappa shape index (κ2) is 6.80. The second-order valence-corrected chi connectivity index (χ2v) is 5.73. The van der Waals surface area contributed by atoms with Gasteiger partial charge >= 0.3 is 0 Å². The van der Waals surface area contributed by atoms with E-state index in [9.17, 15) is 0 Å². The highest BCUT2D eigenvalue weighted by Crippen LogP contribution is 2.26. The summed E-state index contributed by atoms with van der Waals surface area (Å²) in [4.78, 5) is 0. The molecular formula is C16H25NO2. The molecule has 3 nitrogen and oxygen atoms in total. The lowest BCUT2D eigenvalue weighted by atomic mass is 10.2. The number of hydrogen-bond acceptors (Lipinski definition) is 3. The lowest BCUT2D eigenvalue weighted by Gasteiger charge is -2.17. The zero-order valence-corrected chi connectivity index (χ0v) is 12.2. The van der Waals surface area contributed by atoms with Crippen LogP contribution in [0.2, 0.25) is 0 Å². The molecule has 0 aliphatic carbocycles. The van der Waals surface area contributed by atoms with Gasteiger partial charge in [-0.25, -0.2) is 0 Å². The average molecular weight is 263 g/mol. The fraction of sp³-hybridized carbons (Fsp3) is 0.625. The van der Waals surface area contributed by atoms with Gasteiger partial charge in [-0.15, -0.1) is 0 Å². The Balaban J connectivity index is 1.88. The maximum atomic E-state index is 5.83. The minimum atomic E-state index is 0.327. The van der Waals surface area contributed by atoms with Crippen LogP contribution >= 0.6 is 0 Å². The number of rotatable bonds is 6. The zero-order chi connectivity index (χ0) is 13.7. The molecule has 1 N–H and O–H groups in total.